The number of nitrogens with one attached hydrogen (secondary N) is 2. The van der Waals surface area contributed by atoms with Crippen LogP contribution in [-0.2, 0) is 10.2 Å². The molecular weight excluding hydrogens is 425 g/mol. The van der Waals surface area contributed by atoms with E-state index in [1.807, 2.05) is 0 Å². The predicted octanol–water partition coefficient (Wildman–Crippen LogP) is 2.68. The first-order chi connectivity index (χ1) is 9.88. The summed E-state index contributed by atoms with van der Waals surface area (Å²) in [5.74, 6) is 0. The number of benzene rings is 1. The van der Waals surface area contributed by atoms with Crippen LogP contribution in [0.2, 0.25) is 5.02 Å². The van der Waals surface area contributed by atoms with E-state index in [4.69, 9.17) is 11.6 Å². The van der Waals surface area contributed by atoms with E-state index >= 15 is 0 Å². The molecule has 0 aromatic heterocycles. The van der Waals surface area contributed by atoms with Gasteiger partial charge in [0.15, 0.2) is 0 Å². The van der Waals surface area contributed by atoms with Crippen LogP contribution in [0.25, 0.3) is 0 Å². The Kier molecular flexibility index (Phi) is 6.13. The molecule has 0 spiro atoms. The van der Waals surface area contributed by atoms with Crippen molar-refractivity contribution in [3.8, 4) is 0 Å². The molecule has 2 rings (SSSR count). The third kappa shape index (κ3) is 5.55. The summed E-state index contributed by atoms with van der Waals surface area (Å²) in [6.07, 6.45) is 3.28. The molecule has 0 amide bonds. The maximum Gasteiger partial charge on any atom is 0.301 e. The van der Waals surface area contributed by atoms with Crippen LogP contribution in [0.15, 0.2) is 18.2 Å². The Morgan fingerprint density at radius 1 is 1.43 bits per heavy atom. The Morgan fingerprint density at radius 3 is 2.76 bits per heavy atom. The third-order valence-corrected chi connectivity index (χ3v) is 5.85. The van der Waals surface area contributed by atoms with Gasteiger partial charge in [0.1, 0.15) is 0 Å². The number of nitrogens with zero attached hydrogens (tertiary/aromatic N) is 1. The molecule has 0 unspecified atom stereocenters. The molecule has 0 atom stereocenters. The normalized spacial score (nSPS) is 15.4. The zero-order valence-corrected chi connectivity index (χ0v) is 15.5. The molecule has 1 fully saturated rings. The molecule has 1 aromatic rings. The summed E-state index contributed by atoms with van der Waals surface area (Å²) in [6, 6.07) is 5.71. The maximum atomic E-state index is 12.2. The molecule has 1 aliphatic carbocycles. The highest BCUT2D eigenvalue weighted by molar-refractivity contribution is 14.1. The second kappa shape index (κ2) is 7.45. The molecule has 0 bridgehead atoms. The van der Waals surface area contributed by atoms with Crippen molar-refractivity contribution in [2.45, 2.75) is 25.3 Å². The van der Waals surface area contributed by atoms with E-state index in [1.165, 1.54) is 17.1 Å². The average Bonchev–Trinajstić information content (AvgIpc) is 3.22. The first kappa shape index (κ1) is 17.3. The predicted molar refractivity (Wildman–Crippen MR) is 95.0 cm³/mol. The lowest BCUT2D eigenvalue weighted by molar-refractivity contribution is 0.458. The summed E-state index contributed by atoms with van der Waals surface area (Å²) in [7, 11) is -1.94. The third-order valence-electron chi connectivity index (χ3n) is 3.24. The van der Waals surface area contributed by atoms with Crippen molar-refractivity contribution in [2.75, 3.05) is 24.9 Å². The fraction of sp³-hybridized carbons (Fsp3) is 0.538. The van der Waals surface area contributed by atoms with Gasteiger partial charge in [0.05, 0.1) is 5.69 Å². The van der Waals surface area contributed by atoms with Crippen molar-refractivity contribution < 1.29 is 8.42 Å². The zero-order chi connectivity index (χ0) is 15.5. The van der Waals surface area contributed by atoms with Crippen molar-refractivity contribution in [3.63, 3.8) is 0 Å². The minimum absolute atomic E-state index is 0.485. The summed E-state index contributed by atoms with van der Waals surface area (Å²) >= 11 is 7.92. The zero-order valence-electron chi connectivity index (χ0n) is 11.8. The van der Waals surface area contributed by atoms with Crippen molar-refractivity contribution in [1.29, 1.82) is 0 Å². The Bertz CT molecular complexity index is 593. The Balaban J connectivity index is 1.86. The lowest BCUT2D eigenvalue weighted by Crippen LogP contribution is -2.34. The fourth-order valence-corrected chi connectivity index (χ4v) is 3.98. The molecule has 0 radical (unpaired) electrons. The van der Waals surface area contributed by atoms with Gasteiger partial charge >= 0.3 is 10.2 Å². The monoisotopic (exact) mass is 443 g/mol. The summed E-state index contributed by atoms with van der Waals surface area (Å²) in [5, 5.41) is 3.96. The van der Waals surface area contributed by atoms with Crippen LogP contribution < -0.4 is 10.0 Å². The van der Waals surface area contributed by atoms with Gasteiger partial charge in [-0.15, -0.1) is 0 Å². The van der Waals surface area contributed by atoms with Crippen molar-refractivity contribution in [2.24, 2.45) is 0 Å². The molecule has 0 heterocycles. The van der Waals surface area contributed by atoms with E-state index in [1.54, 1.807) is 25.2 Å². The first-order valence-corrected chi connectivity index (χ1v) is 9.70. The lowest BCUT2D eigenvalue weighted by Gasteiger charge is -2.19. The number of hydrogen-bond donors (Lipinski definition) is 2. The van der Waals surface area contributed by atoms with Crippen LogP contribution in [-0.4, -0.2) is 38.9 Å². The molecule has 118 valence electrons. The van der Waals surface area contributed by atoms with E-state index in [0.29, 0.717) is 23.3 Å². The van der Waals surface area contributed by atoms with Gasteiger partial charge < -0.3 is 5.32 Å². The van der Waals surface area contributed by atoms with Crippen LogP contribution in [0.1, 0.15) is 19.3 Å². The van der Waals surface area contributed by atoms with Gasteiger partial charge in [0.25, 0.3) is 0 Å². The largest absolute Gasteiger partial charge is 0.314 e. The summed E-state index contributed by atoms with van der Waals surface area (Å²) in [4.78, 5) is 0. The van der Waals surface area contributed by atoms with Crippen molar-refractivity contribution in [1.82, 2.24) is 9.62 Å². The Labute approximate surface area is 144 Å². The first-order valence-electron chi connectivity index (χ1n) is 6.81. The molecule has 21 heavy (non-hydrogen) atoms. The molecule has 1 saturated carbocycles. The van der Waals surface area contributed by atoms with Crippen molar-refractivity contribution >= 4 is 50.1 Å². The molecule has 8 heteroatoms. The molecule has 0 saturated heterocycles. The number of hydrogen-bond acceptors (Lipinski definition) is 3. The van der Waals surface area contributed by atoms with Gasteiger partial charge in [0, 0.05) is 28.2 Å². The van der Waals surface area contributed by atoms with Gasteiger partial charge in [-0.05, 0) is 66.6 Å². The van der Waals surface area contributed by atoms with Gasteiger partial charge in [-0.2, -0.15) is 12.7 Å². The topological polar surface area (TPSA) is 61.4 Å². The molecular formula is C13H19ClIN3O2S. The SMILES string of the molecule is CN(CCCNC1CC1)S(=O)(=O)Nc1ccc(Cl)cc1I. The molecule has 5 nitrogen and oxygen atoms in total. The van der Waals surface area contributed by atoms with Gasteiger partial charge in [-0.3, -0.25) is 4.72 Å². The van der Waals surface area contributed by atoms with Gasteiger partial charge in [0.2, 0.25) is 0 Å². The number of anilines is 1. The van der Waals surface area contributed by atoms with Crippen LogP contribution in [0.5, 0.6) is 0 Å². The van der Waals surface area contributed by atoms with E-state index in [-0.39, 0.29) is 0 Å². The molecule has 0 aliphatic heterocycles. The number of halogens is 2. The van der Waals surface area contributed by atoms with Gasteiger partial charge in [-0.1, -0.05) is 11.6 Å². The fourth-order valence-electron chi connectivity index (χ4n) is 1.80. The van der Waals surface area contributed by atoms with Gasteiger partial charge in [-0.25, -0.2) is 0 Å². The second-order valence-electron chi connectivity index (χ2n) is 5.13. The van der Waals surface area contributed by atoms with E-state index in [9.17, 15) is 8.42 Å². The van der Waals surface area contributed by atoms with E-state index < -0.39 is 10.2 Å². The van der Waals surface area contributed by atoms with Crippen LogP contribution in [0, 0.1) is 3.57 Å². The highest BCUT2D eigenvalue weighted by atomic mass is 127. The smallest absolute Gasteiger partial charge is 0.301 e. The van der Waals surface area contributed by atoms with Crippen LogP contribution in [0.3, 0.4) is 0 Å². The summed E-state index contributed by atoms with van der Waals surface area (Å²) < 4.78 is 29.2. The quantitative estimate of drug-likeness (QED) is 0.480. The maximum absolute atomic E-state index is 12.2. The van der Waals surface area contributed by atoms with E-state index in [2.05, 4.69) is 32.6 Å². The highest BCUT2D eigenvalue weighted by Gasteiger charge is 2.21. The molecule has 2 N–H and O–H groups in total. The standard InChI is InChI=1S/C13H19ClIN3O2S/c1-18(8-2-7-16-11-4-5-11)21(19,20)17-13-6-3-10(14)9-12(13)15/h3,6,9,11,16-17H,2,4-5,7-8H2,1H3. The highest BCUT2D eigenvalue weighted by Crippen LogP contribution is 2.23. The van der Waals surface area contributed by atoms with Crippen LogP contribution >= 0.6 is 34.2 Å². The second-order valence-corrected chi connectivity index (χ2v) is 8.51. The number of rotatable bonds is 8. The summed E-state index contributed by atoms with van der Waals surface area (Å²) in [5.41, 5.74) is 0.544. The minimum atomic E-state index is -3.53. The minimum Gasteiger partial charge on any atom is -0.314 e. The van der Waals surface area contributed by atoms with E-state index in [0.717, 1.165) is 16.5 Å². The average molecular weight is 444 g/mol. The Morgan fingerprint density at radius 2 is 2.14 bits per heavy atom. The Hall–Kier alpha value is -0.0900. The van der Waals surface area contributed by atoms with Crippen molar-refractivity contribution in [3.05, 3.63) is 26.8 Å². The lowest BCUT2D eigenvalue weighted by atomic mass is 10.3. The van der Waals surface area contributed by atoms with Crippen LogP contribution in [0.4, 0.5) is 5.69 Å². The summed E-state index contributed by atoms with van der Waals surface area (Å²) in [6.45, 7) is 1.34. The molecule has 1 aliphatic rings. The molecule has 1 aromatic carbocycles.